The number of nitrogens with two attached hydrogens (primary N) is 1. The van der Waals surface area contributed by atoms with E-state index in [1.165, 1.54) is 33.0 Å². The third-order valence-electron chi connectivity index (χ3n) is 7.68. The predicted molar refractivity (Wildman–Crippen MR) is 176 cm³/mol. The number of aromatic nitrogens is 2. The Bertz CT molecular complexity index is 2130. The summed E-state index contributed by atoms with van der Waals surface area (Å²) in [5.74, 6) is 0.845. The van der Waals surface area contributed by atoms with Crippen LogP contribution in [-0.4, -0.2) is 44.0 Å². The van der Waals surface area contributed by atoms with Crippen LogP contribution >= 0.6 is 0 Å². The van der Waals surface area contributed by atoms with Crippen LogP contribution in [0.15, 0.2) is 95.8 Å². The van der Waals surface area contributed by atoms with Crippen molar-refractivity contribution in [1.29, 1.82) is 0 Å². The van der Waals surface area contributed by atoms with Gasteiger partial charge in [0.1, 0.15) is 18.1 Å². The van der Waals surface area contributed by atoms with E-state index in [0.717, 1.165) is 16.6 Å². The number of hydrogen-bond donors (Lipinski definition) is 1. The van der Waals surface area contributed by atoms with Gasteiger partial charge in [-0.25, -0.2) is 9.78 Å². The molecular weight excluding hydrogens is 586 g/mol. The number of ether oxygens (including phenoxy) is 5. The first kappa shape index (κ1) is 30.0. The van der Waals surface area contributed by atoms with Crippen LogP contribution in [0.1, 0.15) is 16.2 Å². The number of nitrogens with zero attached hydrogens (tertiary/aromatic N) is 2. The number of methoxy groups -OCH3 is 4. The van der Waals surface area contributed by atoms with Crippen LogP contribution in [0.5, 0.6) is 23.0 Å². The highest BCUT2D eigenvalue weighted by molar-refractivity contribution is 6.08. The molecule has 6 aromatic rings. The maximum Gasteiger partial charge on any atom is 0.355 e. The third kappa shape index (κ3) is 5.41. The Balaban J connectivity index is 1.59. The smallest absolute Gasteiger partial charge is 0.355 e. The summed E-state index contributed by atoms with van der Waals surface area (Å²) < 4.78 is 29.5. The molecular formula is C36H31N3O7. The molecule has 0 atom stereocenters. The van der Waals surface area contributed by atoms with E-state index in [1.807, 2.05) is 36.4 Å². The summed E-state index contributed by atoms with van der Waals surface area (Å²) in [6.07, 6.45) is 0. The van der Waals surface area contributed by atoms with E-state index in [-0.39, 0.29) is 12.3 Å². The number of rotatable bonds is 9. The summed E-state index contributed by atoms with van der Waals surface area (Å²) >= 11 is 0. The van der Waals surface area contributed by atoms with Crippen molar-refractivity contribution >= 4 is 33.3 Å². The van der Waals surface area contributed by atoms with Crippen LogP contribution < -0.4 is 30.2 Å². The number of esters is 1. The summed E-state index contributed by atoms with van der Waals surface area (Å²) in [5, 5.41) is 1.82. The first-order valence-corrected chi connectivity index (χ1v) is 14.3. The van der Waals surface area contributed by atoms with Crippen LogP contribution in [-0.2, 0) is 11.3 Å². The maximum atomic E-state index is 14.3. The number of hydrogen-bond acceptors (Lipinski definition) is 9. The second-order valence-corrected chi connectivity index (χ2v) is 10.4. The maximum absolute atomic E-state index is 14.3. The SMILES string of the molecule is COC(=O)c1c(-c2cc(OC)c(OC)c(OC)c2)c2ccc(OCc3ccc4ccccc4n3)cc2c(=O)n1-c1ccc(N)cc1. The average Bonchev–Trinajstić information content (AvgIpc) is 3.10. The van der Waals surface area contributed by atoms with Crippen molar-refractivity contribution in [2.45, 2.75) is 6.61 Å². The lowest BCUT2D eigenvalue weighted by molar-refractivity contribution is 0.0591. The number of carbonyl (C=O) groups excluding carboxylic acids is 1. The van der Waals surface area contributed by atoms with Gasteiger partial charge >= 0.3 is 5.97 Å². The van der Waals surface area contributed by atoms with Crippen molar-refractivity contribution in [1.82, 2.24) is 9.55 Å². The summed E-state index contributed by atoms with van der Waals surface area (Å²) in [7, 11) is 5.78. The van der Waals surface area contributed by atoms with Crippen molar-refractivity contribution in [2.75, 3.05) is 34.2 Å². The van der Waals surface area contributed by atoms with E-state index in [4.69, 9.17) is 29.4 Å². The zero-order chi connectivity index (χ0) is 32.4. The zero-order valence-corrected chi connectivity index (χ0v) is 25.7. The van der Waals surface area contributed by atoms with E-state index in [9.17, 15) is 9.59 Å². The van der Waals surface area contributed by atoms with Gasteiger partial charge in [0.2, 0.25) is 5.75 Å². The number of fused-ring (bicyclic) bond motifs is 2. The van der Waals surface area contributed by atoms with Gasteiger partial charge in [0.15, 0.2) is 11.5 Å². The monoisotopic (exact) mass is 617 g/mol. The molecule has 46 heavy (non-hydrogen) atoms. The highest BCUT2D eigenvalue weighted by Gasteiger charge is 2.27. The fourth-order valence-electron chi connectivity index (χ4n) is 5.49. The molecule has 232 valence electrons. The molecule has 0 saturated heterocycles. The molecule has 0 aliphatic carbocycles. The summed E-state index contributed by atoms with van der Waals surface area (Å²) in [6.45, 7) is 0.183. The normalized spacial score (nSPS) is 11.0. The first-order valence-electron chi connectivity index (χ1n) is 14.3. The standard InChI is InChI=1S/C36H31N3O7/c1-42-30-17-22(18-31(43-2)34(30)44-3)32-27-16-15-26(46-20-24-12-9-21-7-5-6-8-29(21)38-24)19-28(27)35(40)39(33(32)36(41)45-4)25-13-10-23(37)11-14-25/h5-19H,20,37H2,1-4H3. The Kier molecular flexibility index (Phi) is 8.17. The van der Waals surface area contributed by atoms with Gasteiger partial charge in [-0.15, -0.1) is 0 Å². The Hall–Kier alpha value is -6.03. The molecule has 0 fully saturated rings. The first-order chi connectivity index (χ1) is 22.4. The van der Waals surface area contributed by atoms with Gasteiger partial charge < -0.3 is 29.4 Å². The molecule has 0 bridgehead atoms. The van der Waals surface area contributed by atoms with Gasteiger partial charge in [-0.3, -0.25) is 9.36 Å². The molecule has 0 saturated carbocycles. The predicted octanol–water partition coefficient (Wildman–Crippen LogP) is 6.18. The average molecular weight is 618 g/mol. The number of carbonyl (C=O) groups is 1. The van der Waals surface area contributed by atoms with E-state index in [0.29, 0.717) is 56.3 Å². The highest BCUT2D eigenvalue weighted by atomic mass is 16.5. The van der Waals surface area contributed by atoms with E-state index in [1.54, 1.807) is 54.6 Å². The minimum atomic E-state index is -0.720. The minimum Gasteiger partial charge on any atom is -0.493 e. The van der Waals surface area contributed by atoms with Gasteiger partial charge in [0, 0.05) is 22.3 Å². The number of benzene rings is 4. The molecule has 4 aromatic carbocycles. The molecule has 6 rings (SSSR count). The van der Waals surface area contributed by atoms with Crippen LogP contribution in [0.25, 0.3) is 38.5 Å². The van der Waals surface area contributed by atoms with Gasteiger partial charge in [-0.2, -0.15) is 0 Å². The van der Waals surface area contributed by atoms with Gasteiger partial charge in [-0.05, 0) is 77.7 Å². The van der Waals surface area contributed by atoms with Crippen molar-refractivity contribution in [3.05, 3.63) is 113 Å². The second kappa shape index (κ2) is 12.5. The number of nitrogen functional groups attached to an aromatic ring is 1. The van der Waals surface area contributed by atoms with Crippen molar-refractivity contribution in [3.63, 3.8) is 0 Å². The molecule has 0 amide bonds. The molecule has 2 heterocycles. The fourth-order valence-corrected chi connectivity index (χ4v) is 5.49. The quantitative estimate of drug-likeness (QED) is 0.150. The summed E-state index contributed by atoms with van der Waals surface area (Å²) in [6, 6.07) is 27.0. The molecule has 0 unspecified atom stereocenters. The lowest BCUT2D eigenvalue weighted by Crippen LogP contribution is -2.27. The summed E-state index contributed by atoms with van der Waals surface area (Å²) in [5.41, 5.74) is 8.97. The largest absolute Gasteiger partial charge is 0.493 e. The third-order valence-corrected chi connectivity index (χ3v) is 7.68. The number of anilines is 1. The van der Waals surface area contributed by atoms with Crippen molar-refractivity contribution in [3.8, 4) is 39.8 Å². The van der Waals surface area contributed by atoms with E-state index < -0.39 is 11.5 Å². The van der Waals surface area contributed by atoms with Gasteiger partial charge in [0.25, 0.3) is 5.56 Å². The molecule has 0 radical (unpaired) electrons. The van der Waals surface area contributed by atoms with Crippen LogP contribution in [0.4, 0.5) is 5.69 Å². The Labute approximate surface area is 264 Å². The van der Waals surface area contributed by atoms with Gasteiger partial charge in [-0.1, -0.05) is 24.3 Å². The van der Waals surface area contributed by atoms with Crippen LogP contribution in [0, 0.1) is 0 Å². The molecule has 0 aliphatic rings. The molecule has 10 nitrogen and oxygen atoms in total. The van der Waals surface area contributed by atoms with Gasteiger partial charge in [0.05, 0.1) is 45.0 Å². The molecule has 0 spiro atoms. The minimum absolute atomic E-state index is 0.00748. The molecule has 10 heteroatoms. The van der Waals surface area contributed by atoms with E-state index in [2.05, 4.69) is 4.98 Å². The van der Waals surface area contributed by atoms with Crippen molar-refractivity contribution < 1.29 is 28.5 Å². The van der Waals surface area contributed by atoms with Crippen LogP contribution in [0.3, 0.4) is 0 Å². The lowest BCUT2D eigenvalue weighted by atomic mass is 9.95. The highest BCUT2D eigenvalue weighted by Crippen LogP contribution is 2.44. The zero-order valence-electron chi connectivity index (χ0n) is 25.7. The number of para-hydroxylation sites is 1. The lowest BCUT2D eigenvalue weighted by Gasteiger charge is -2.21. The molecule has 2 N–H and O–H groups in total. The second-order valence-electron chi connectivity index (χ2n) is 10.4. The van der Waals surface area contributed by atoms with Crippen LogP contribution in [0.2, 0.25) is 0 Å². The molecule has 0 aliphatic heterocycles. The Morgan fingerprint density at radius 3 is 2.20 bits per heavy atom. The summed E-state index contributed by atoms with van der Waals surface area (Å²) in [4.78, 5) is 32.6. The van der Waals surface area contributed by atoms with Crippen molar-refractivity contribution in [2.24, 2.45) is 0 Å². The molecule has 2 aromatic heterocycles. The fraction of sp³-hybridized carbons (Fsp3) is 0.139. The Morgan fingerprint density at radius 1 is 0.804 bits per heavy atom. The topological polar surface area (TPSA) is 124 Å². The van der Waals surface area contributed by atoms with E-state index >= 15 is 0 Å². The number of pyridine rings is 2. The Morgan fingerprint density at radius 2 is 1.52 bits per heavy atom.